The van der Waals surface area contributed by atoms with Crippen molar-refractivity contribution in [3.63, 3.8) is 0 Å². The number of rotatable bonds is 6. The second kappa shape index (κ2) is 14.7. The summed E-state index contributed by atoms with van der Waals surface area (Å²) in [5, 5.41) is 13.0. The van der Waals surface area contributed by atoms with Crippen LogP contribution >= 0.6 is 37.2 Å². The smallest absolute Gasteiger partial charge is 0.320 e. The number of amides is 1. The molecule has 2 N–H and O–H groups in total. The van der Waals surface area contributed by atoms with Gasteiger partial charge >= 0.3 is 5.97 Å². The summed E-state index contributed by atoms with van der Waals surface area (Å²) in [4.78, 5) is 30.7. The molecule has 3 fully saturated rings. The average molecular weight is 476 g/mol. The molecule has 1 atom stereocenters. The summed E-state index contributed by atoms with van der Waals surface area (Å²) < 4.78 is 0. The Hall–Kier alpha value is -0.310. The molecule has 29 heavy (non-hydrogen) atoms. The summed E-state index contributed by atoms with van der Waals surface area (Å²) in [6.45, 7) is 7.35. The third-order valence-electron chi connectivity index (χ3n) is 6.24. The number of carboxylic acid groups (broad SMARTS) is 1. The third kappa shape index (κ3) is 8.38. The fourth-order valence-corrected chi connectivity index (χ4v) is 4.62. The molecule has 0 spiro atoms. The molecule has 0 aromatic rings. The first-order valence-electron chi connectivity index (χ1n) is 10.3. The van der Waals surface area contributed by atoms with E-state index in [9.17, 15) is 14.7 Å². The highest BCUT2D eigenvalue weighted by Crippen LogP contribution is 2.18. The molecule has 3 saturated heterocycles. The number of nitrogens with one attached hydrogen (secondary N) is 1. The van der Waals surface area contributed by atoms with Gasteiger partial charge in [-0.3, -0.25) is 19.4 Å². The highest BCUT2D eigenvalue weighted by molar-refractivity contribution is 5.86. The SMILES string of the molecule is Cl.Cl.Cl.O=C(O)C(CCC(=O)N1CCN(C2CCNCC2)CC1)N1CCCCC1. The summed E-state index contributed by atoms with van der Waals surface area (Å²) in [7, 11) is 0. The molecule has 0 aliphatic carbocycles. The van der Waals surface area contributed by atoms with E-state index in [-0.39, 0.29) is 43.1 Å². The molecule has 3 rings (SSSR count). The summed E-state index contributed by atoms with van der Waals surface area (Å²) >= 11 is 0. The van der Waals surface area contributed by atoms with E-state index in [1.807, 2.05) is 9.80 Å². The van der Waals surface area contributed by atoms with Crippen molar-refractivity contribution >= 4 is 49.1 Å². The maximum Gasteiger partial charge on any atom is 0.320 e. The number of hydrogen-bond acceptors (Lipinski definition) is 5. The first-order valence-corrected chi connectivity index (χ1v) is 10.3. The highest BCUT2D eigenvalue weighted by atomic mass is 35.5. The number of halogens is 3. The lowest BCUT2D eigenvalue weighted by Gasteiger charge is -2.41. The summed E-state index contributed by atoms with van der Waals surface area (Å²) in [6.07, 6.45) is 6.49. The van der Waals surface area contributed by atoms with Gasteiger partial charge in [0.2, 0.25) is 5.91 Å². The number of piperazine rings is 1. The molecular weight excluding hydrogens is 439 g/mol. The van der Waals surface area contributed by atoms with Gasteiger partial charge in [0, 0.05) is 38.6 Å². The first-order chi connectivity index (χ1) is 12.6. The molecule has 1 unspecified atom stereocenters. The van der Waals surface area contributed by atoms with Crippen LogP contribution in [0.5, 0.6) is 0 Å². The van der Waals surface area contributed by atoms with E-state index in [0.717, 1.165) is 65.2 Å². The van der Waals surface area contributed by atoms with E-state index in [1.54, 1.807) is 0 Å². The second-order valence-corrected chi connectivity index (χ2v) is 7.89. The van der Waals surface area contributed by atoms with Gasteiger partial charge in [0.15, 0.2) is 0 Å². The number of carbonyl (C=O) groups is 2. The van der Waals surface area contributed by atoms with Crippen LogP contribution in [-0.2, 0) is 9.59 Å². The molecule has 0 bridgehead atoms. The van der Waals surface area contributed by atoms with Gasteiger partial charge in [-0.2, -0.15) is 0 Å². The predicted molar refractivity (Wildman–Crippen MR) is 122 cm³/mol. The number of piperidine rings is 2. The monoisotopic (exact) mass is 474 g/mol. The molecule has 3 aliphatic rings. The highest BCUT2D eigenvalue weighted by Gasteiger charge is 2.30. The van der Waals surface area contributed by atoms with Crippen LogP contribution < -0.4 is 5.32 Å². The number of carbonyl (C=O) groups excluding carboxylic acids is 1. The molecule has 0 aromatic heterocycles. The van der Waals surface area contributed by atoms with Gasteiger partial charge in [-0.15, -0.1) is 37.2 Å². The van der Waals surface area contributed by atoms with Gasteiger partial charge in [-0.05, 0) is 58.3 Å². The lowest BCUT2D eigenvalue weighted by molar-refractivity contribution is -0.144. The van der Waals surface area contributed by atoms with Gasteiger partial charge in [-0.1, -0.05) is 6.42 Å². The average Bonchev–Trinajstić information content (AvgIpc) is 2.69. The fourth-order valence-electron chi connectivity index (χ4n) is 4.62. The van der Waals surface area contributed by atoms with Crippen molar-refractivity contribution in [2.24, 2.45) is 0 Å². The maximum absolute atomic E-state index is 12.6. The fraction of sp³-hybridized carbons (Fsp3) is 0.895. The second-order valence-electron chi connectivity index (χ2n) is 7.89. The van der Waals surface area contributed by atoms with E-state index in [4.69, 9.17) is 0 Å². The molecule has 0 saturated carbocycles. The Bertz CT molecular complexity index is 481. The van der Waals surface area contributed by atoms with E-state index in [1.165, 1.54) is 19.3 Å². The predicted octanol–water partition coefficient (Wildman–Crippen LogP) is 1.87. The minimum atomic E-state index is -0.782. The van der Waals surface area contributed by atoms with Gasteiger partial charge in [0.05, 0.1) is 0 Å². The van der Waals surface area contributed by atoms with Crippen molar-refractivity contribution in [1.82, 2.24) is 20.0 Å². The summed E-state index contributed by atoms with van der Waals surface area (Å²) in [6, 6.07) is 0.152. The Balaban J connectivity index is 0.00000261. The molecule has 3 heterocycles. The minimum Gasteiger partial charge on any atom is -0.480 e. The molecule has 3 aliphatic heterocycles. The van der Waals surface area contributed by atoms with Crippen LogP contribution in [0.25, 0.3) is 0 Å². The Kier molecular flexibility index (Phi) is 14.5. The van der Waals surface area contributed by atoms with Crippen LogP contribution in [0.4, 0.5) is 0 Å². The van der Waals surface area contributed by atoms with Crippen molar-refractivity contribution in [3.05, 3.63) is 0 Å². The quantitative estimate of drug-likeness (QED) is 0.611. The van der Waals surface area contributed by atoms with E-state index in [2.05, 4.69) is 10.2 Å². The van der Waals surface area contributed by atoms with E-state index < -0.39 is 12.0 Å². The first kappa shape index (κ1) is 28.7. The minimum absolute atomic E-state index is 0. The van der Waals surface area contributed by atoms with Gasteiger partial charge in [-0.25, -0.2) is 0 Å². The zero-order chi connectivity index (χ0) is 18.4. The Morgan fingerprint density at radius 2 is 1.48 bits per heavy atom. The zero-order valence-corrected chi connectivity index (χ0v) is 19.5. The molecule has 0 radical (unpaired) electrons. The summed E-state index contributed by atoms with van der Waals surface area (Å²) in [5.41, 5.74) is 0. The Morgan fingerprint density at radius 3 is 2.03 bits per heavy atom. The van der Waals surface area contributed by atoms with Crippen LogP contribution in [0.15, 0.2) is 0 Å². The normalized spacial score (nSPS) is 22.6. The van der Waals surface area contributed by atoms with Gasteiger partial charge in [0.25, 0.3) is 0 Å². The van der Waals surface area contributed by atoms with Crippen molar-refractivity contribution < 1.29 is 14.7 Å². The van der Waals surface area contributed by atoms with Gasteiger partial charge < -0.3 is 15.3 Å². The molecule has 172 valence electrons. The number of likely N-dealkylation sites (tertiary alicyclic amines) is 1. The van der Waals surface area contributed by atoms with Crippen LogP contribution in [0, 0.1) is 0 Å². The lowest BCUT2D eigenvalue weighted by Crippen LogP contribution is -2.54. The van der Waals surface area contributed by atoms with Crippen LogP contribution in [0.3, 0.4) is 0 Å². The Morgan fingerprint density at radius 1 is 0.897 bits per heavy atom. The number of carboxylic acids is 1. The van der Waals surface area contributed by atoms with Crippen LogP contribution in [0.1, 0.15) is 44.9 Å². The molecule has 1 amide bonds. The molecule has 7 nitrogen and oxygen atoms in total. The van der Waals surface area contributed by atoms with Crippen molar-refractivity contribution in [2.45, 2.75) is 57.0 Å². The van der Waals surface area contributed by atoms with Crippen molar-refractivity contribution in [3.8, 4) is 0 Å². The number of aliphatic carboxylic acids is 1. The zero-order valence-electron chi connectivity index (χ0n) is 17.1. The lowest BCUT2D eigenvalue weighted by atomic mass is 10.0. The molecule has 10 heteroatoms. The number of hydrogen-bond donors (Lipinski definition) is 2. The Labute approximate surface area is 193 Å². The van der Waals surface area contributed by atoms with Crippen LogP contribution in [0.2, 0.25) is 0 Å². The topological polar surface area (TPSA) is 76.1 Å². The number of nitrogens with zero attached hydrogens (tertiary/aromatic N) is 3. The van der Waals surface area contributed by atoms with E-state index >= 15 is 0 Å². The van der Waals surface area contributed by atoms with Crippen molar-refractivity contribution in [1.29, 1.82) is 0 Å². The standard InChI is InChI=1S/C19H34N4O3.3ClH/c24-18(5-4-17(19(25)26)22-10-2-1-3-11-22)23-14-12-21(13-15-23)16-6-8-20-9-7-16;;;/h16-17,20H,1-15H2,(H,25,26);3*1H. The van der Waals surface area contributed by atoms with Crippen molar-refractivity contribution in [2.75, 3.05) is 52.4 Å². The largest absolute Gasteiger partial charge is 0.480 e. The third-order valence-corrected chi connectivity index (χ3v) is 6.24. The van der Waals surface area contributed by atoms with Crippen LogP contribution in [-0.4, -0.2) is 96.1 Å². The molecular formula is C19H37Cl3N4O3. The maximum atomic E-state index is 12.6. The molecule has 0 aromatic carbocycles. The van der Waals surface area contributed by atoms with E-state index in [0.29, 0.717) is 18.9 Å². The summed E-state index contributed by atoms with van der Waals surface area (Å²) in [5.74, 6) is -0.659. The van der Waals surface area contributed by atoms with Gasteiger partial charge in [0.1, 0.15) is 6.04 Å².